The molecular formula is C28H38BrN3O4. The second-order valence-corrected chi connectivity index (χ2v) is 11.1. The Hall–Kier alpha value is -2.87. The molecule has 0 spiro atoms. The molecule has 7 nitrogen and oxygen atoms in total. The van der Waals surface area contributed by atoms with Crippen molar-refractivity contribution in [3.8, 4) is 0 Å². The number of benzene rings is 2. The van der Waals surface area contributed by atoms with Crippen molar-refractivity contribution in [3.05, 3.63) is 68.7 Å². The zero-order valence-corrected chi connectivity index (χ0v) is 23.8. The van der Waals surface area contributed by atoms with Gasteiger partial charge in [-0.25, -0.2) is 4.79 Å². The van der Waals surface area contributed by atoms with E-state index in [2.05, 4.69) is 33.7 Å². The van der Waals surface area contributed by atoms with Gasteiger partial charge in [0.2, 0.25) is 0 Å². The van der Waals surface area contributed by atoms with Crippen LogP contribution in [0.2, 0.25) is 0 Å². The lowest BCUT2D eigenvalue weighted by Crippen LogP contribution is -2.27. The number of primary amides is 1. The average molecular weight is 561 g/mol. The fourth-order valence-electron chi connectivity index (χ4n) is 4.05. The number of carbonyl (C=O) groups excluding carboxylic acids is 3. The second-order valence-electron chi connectivity index (χ2n) is 10.2. The molecule has 2 aromatic carbocycles. The number of carbonyl (C=O) groups is 3. The summed E-state index contributed by atoms with van der Waals surface area (Å²) in [4.78, 5) is 37.3. The summed E-state index contributed by atoms with van der Waals surface area (Å²) in [6.45, 7) is 9.07. The van der Waals surface area contributed by atoms with Gasteiger partial charge in [0.05, 0.1) is 0 Å². The van der Waals surface area contributed by atoms with E-state index in [9.17, 15) is 14.4 Å². The van der Waals surface area contributed by atoms with Gasteiger partial charge < -0.3 is 20.3 Å². The molecule has 3 amide bonds. The quantitative estimate of drug-likeness (QED) is 0.470. The van der Waals surface area contributed by atoms with Crippen molar-refractivity contribution in [3.63, 3.8) is 0 Å². The molecule has 2 aliphatic heterocycles. The molecule has 2 aromatic rings. The van der Waals surface area contributed by atoms with E-state index >= 15 is 0 Å². The largest absolute Gasteiger partial charge is 0.444 e. The Labute approximate surface area is 223 Å². The van der Waals surface area contributed by atoms with Gasteiger partial charge in [-0.05, 0) is 88.8 Å². The molecule has 0 radical (unpaired) electrons. The van der Waals surface area contributed by atoms with Gasteiger partial charge in [-0.15, -0.1) is 0 Å². The van der Waals surface area contributed by atoms with E-state index in [0.717, 1.165) is 59.9 Å². The Kier molecular flexibility index (Phi) is 10.5. The predicted octanol–water partition coefficient (Wildman–Crippen LogP) is 5.36. The third-order valence-corrected chi connectivity index (χ3v) is 6.26. The van der Waals surface area contributed by atoms with E-state index < -0.39 is 11.7 Å². The van der Waals surface area contributed by atoms with Crippen LogP contribution in [0.4, 0.5) is 4.79 Å². The summed E-state index contributed by atoms with van der Waals surface area (Å²) in [5.41, 5.74) is 9.61. The molecule has 2 aliphatic rings. The average Bonchev–Trinajstić information content (AvgIpc) is 2.99. The third kappa shape index (κ3) is 8.97. The minimum absolute atomic E-state index is 0.144. The molecule has 8 heteroatoms. The third-order valence-electron chi connectivity index (χ3n) is 5.77. The van der Waals surface area contributed by atoms with E-state index in [-0.39, 0.29) is 11.8 Å². The molecule has 0 fully saturated rings. The summed E-state index contributed by atoms with van der Waals surface area (Å²) < 4.78 is 5.63. The number of ether oxygens (including phenoxy) is 1. The zero-order chi connectivity index (χ0) is 27.0. The lowest BCUT2D eigenvalue weighted by Gasteiger charge is -2.16. The van der Waals surface area contributed by atoms with Gasteiger partial charge in [0.25, 0.3) is 11.8 Å². The van der Waals surface area contributed by atoms with Crippen LogP contribution >= 0.6 is 15.9 Å². The van der Waals surface area contributed by atoms with Crippen LogP contribution < -0.4 is 5.73 Å². The zero-order valence-electron chi connectivity index (χ0n) is 22.2. The summed E-state index contributed by atoms with van der Waals surface area (Å²) in [7, 11) is 3.73. The maximum Gasteiger partial charge on any atom is 0.405 e. The van der Waals surface area contributed by atoms with E-state index in [4.69, 9.17) is 5.73 Å². The van der Waals surface area contributed by atoms with Gasteiger partial charge in [-0.1, -0.05) is 33.6 Å². The number of rotatable bonds is 0. The molecule has 0 aromatic heterocycles. The number of aryl methyl sites for hydroxylation is 3. The van der Waals surface area contributed by atoms with Gasteiger partial charge in [-0.2, -0.15) is 0 Å². The number of halogens is 1. The predicted molar refractivity (Wildman–Crippen MR) is 146 cm³/mol. The van der Waals surface area contributed by atoms with Crippen molar-refractivity contribution in [2.45, 2.75) is 59.0 Å². The minimum atomic E-state index is -0.725. The molecule has 36 heavy (non-hydrogen) atoms. The Morgan fingerprint density at radius 3 is 1.81 bits per heavy atom. The summed E-state index contributed by atoms with van der Waals surface area (Å²) in [6, 6.07) is 12.0. The Bertz CT molecular complexity index is 1020. The summed E-state index contributed by atoms with van der Waals surface area (Å²) in [5, 5.41) is 0. The van der Waals surface area contributed by atoms with Crippen LogP contribution in [0.25, 0.3) is 0 Å². The van der Waals surface area contributed by atoms with Gasteiger partial charge in [0, 0.05) is 42.8 Å². The van der Waals surface area contributed by atoms with E-state index in [1.54, 1.807) is 30.6 Å². The maximum atomic E-state index is 11.9. The van der Waals surface area contributed by atoms with Crippen molar-refractivity contribution in [1.82, 2.24) is 9.80 Å². The normalized spacial score (nSPS) is 15.2. The molecule has 0 unspecified atom stereocenters. The number of hydrogen-bond donors (Lipinski definition) is 1. The van der Waals surface area contributed by atoms with Gasteiger partial charge in [0.15, 0.2) is 0 Å². The minimum Gasteiger partial charge on any atom is -0.444 e. The first-order valence-electron chi connectivity index (χ1n) is 12.2. The topological polar surface area (TPSA) is 92.9 Å². The Morgan fingerprint density at radius 1 is 0.889 bits per heavy atom. The van der Waals surface area contributed by atoms with E-state index in [1.165, 1.54) is 11.1 Å². The highest BCUT2D eigenvalue weighted by Gasteiger charge is 2.20. The first kappa shape index (κ1) is 29.4. The SMILES string of the molecule is CC(C)(C)OC(N)=O.CN1CCCc2cc(Br)ccc2C1=O.Cc1ccc2c(c1)CCCN(C)C2=O. The lowest BCUT2D eigenvalue weighted by atomic mass is 10.0. The molecule has 0 bridgehead atoms. The highest BCUT2D eigenvalue weighted by Crippen LogP contribution is 2.22. The van der Waals surface area contributed by atoms with Crippen molar-refractivity contribution >= 4 is 33.8 Å². The fraction of sp³-hybridized carbons (Fsp3) is 0.464. The molecule has 0 saturated carbocycles. The van der Waals surface area contributed by atoms with Crippen LogP contribution in [-0.4, -0.2) is 60.5 Å². The van der Waals surface area contributed by atoms with Crippen molar-refractivity contribution < 1.29 is 19.1 Å². The smallest absolute Gasteiger partial charge is 0.405 e. The Morgan fingerprint density at radius 2 is 1.36 bits per heavy atom. The monoisotopic (exact) mass is 559 g/mol. The summed E-state index contributed by atoms with van der Waals surface area (Å²) in [6.07, 6.45) is 3.40. The summed E-state index contributed by atoms with van der Waals surface area (Å²) in [5.74, 6) is 0.308. The molecule has 0 saturated heterocycles. The van der Waals surface area contributed by atoms with Gasteiger partial charge in [-0.3, -0.25) is 9.59 Å². The first-order valence-corrected chi connectivity index (χ1v) is 12.9. The number of hydrogen-bond acceptors (Lipinski definition) is 4. The molecule has 4 rings (SSSR count). The highest BCUT2D eigenvalue weighted by atomic mass is 79.9. The van der Waals surface area contributed by atoms with Crippen LogP contribution in [0.5, 0.6) is 0 Å². The lowest BCUT2D eigenvalue weighted by molar-refractivity contribution is 0.0599. The molecule has 196 valence electrons. The number of amides is 3. The fourth-order valence-corrected chi connectivity index (χ4v) is 4.45. The first-order chi connectivity index (χ1) is 16.8. The highest BCUT2D eigenvalue weighted by molar-refractivity contribution is 9.10. The second kappa shape index (κ2) is 12.9. The molecule has 0 atom stereocenters. The van der Waals surface area contributed by atoms with Crippen LogP contribution in [0.3, 0.4) is 0 Å². The molecule has 0 aliphatic carbocycles. The Balaban J connectivity index is 0.000000199. The van der Waals surface area contributed by atoms with Crippen LogP contribution in [0, 0.1) is 6.92 Å². The van der Waals surface area contributed by atoms with E-state index in [1.807, 2.05) is 44.4 Å². The number of nitrogens with zero attached hydrogens (tertiary/aromatic N) is 2. The molecule has 2 N–H and O–H groups in total. The van der Waals surface area contributed by atoms with Crippen molar-refractivity contribution in [2.75, 3.05) is 27.2 Å². The standard InChI is InChI=1S/C12H15NO.C11H12BrNO.C5H11NO2/c1-9-5-6-11-10(8-9)4-3-7-13(2)12(11)14;1-13-6-2-3-8-7-9(12)4-5-10(8)11(13)14;1-5(2,3)8-4(6)7/h5-6,8H,3-4,7H2,1-2H3;4-5,7H,2-3,6H2,1H3;1-3H3,(H2,6,7). The maximum absolute atomic E-state index is 11.9. The van der Waals surface area contributed by atoms with Crippen LogP contribution in [0.1, 0.15) is 71.0 Å². The van der Waals surface area contributed by atoms with Gasteiger partial charge >= 0.3 is 6.09 Å². The van der Waals surface area contributed by atoms with Crippen molar-refractivity contribution in [1.29, 1.82) is 0 Å². The summed E-state index contributed by atoms with van der Waals surface area (Å²) >= 11 is 3.43. The van der Waals surface area contributed by atoms with E-state index in [0.29, 0.717) is 0 Å². The van der Waals surface area contributed by atoms with Crippen molar-refractivity contribution in [2.24, 2.45) is 5.73 Å². The number of fused-ring (bicyclic) bond motifs is 2. The van der Waals surface area contributed by atoms with Crippen LogP contribution in [-0.2, 0) is 17.6 Å². The number of nitrogens with two attached hydrogens (primary N) is 1. The molecular weight excluding hydrogens is 522 g/mol. The molecule has 2 heterocycles. The van der Waals surface area contributed by atoms with Gasteiger partial charge in [0.1, 0.15) is 5.60 Å². The van der Waals surface area contributed by atoms with Crippen LogP contribution in [0.15, 0.2) is 40.9 Å².